The fourth-order valence-electron chi connectivity index (χ4n) is 4.89. The number of anilines is 1. The number of hydrogen-bond donors (Lipinski definition) is 1. The molecule has 0 unspecified atom stereocenters. The highest BCUT2D eigenvalue weighted by Crippen LogP contribution is 2.36. The summed E-state index contributed by atoms with van der Waals surface area (Å²) in [5, 5.41) is 1.11. The van der Waals surface area contributed by atoms with Gasteiger partial charge in [-0.1, -0.05) is 12.1 Å². The summed E-state index contributed by atoms with van der Waals surface area (Å²) in [5.41, 5.74) is 5.13. The van der Waals surface area contributed by atoms with Gasteiger partial charge in [0.05, 0.1) is 44.5 Å². The number of fused-ring (bicyclic) bond motifs is 1. The number of hydrogen-bond acceptors (Lipinski definition) is 6. The topological polar surface area (TPSA) is 84.1 Å². The van der Waals surface area contributed by atoms with E-state index in [1.165, 1.54) is 9.87 Å². The van der Waals surface area contributed by atoms with Crippen molar-refractivity contribution in [2.75, 3.05) is 70.7 Å². The molecule has 0 aliphatic carbocycles. The predicted octanol–water partition coefficient (Wildman–Crippen LogP) is 3.80. The van der Waals surface area contributed by atoms with Crippen molar-refractivity contribution in [3.05, 3.63) is 48.0 Å². The molecule has 36 heavy (non-hydrogen) atoms. The average molecular weight is 514 g/mol. The number of nitrogens with zero attached hydrogens (tertiary/aromatic N) is 2. The van der Waals surface area contributed by atoms with Gasteiger partial charge in [0.2, 0.25) is 10.0 Å². The lowest BCUT2D eigenvalue weighted by molar-refractivity contribution is 0.00270. The Hall–Kier alpha value is -2.43. The van der Waals surface area contributed by atoms with Crippen LogP contribution in [0.5, 0.6) is 0 Å². The molecule has 2 aromatic carbocycles. The van der Waals surface area contributed by atoms with Gasteiger partial charge >= 0.3 is 0 Å². The summed E-state index contributed by atoms with van der Waals surface area (Å²) < 4.78 is 45.7. The fraction of sp³-hybridized carbons (Fsp3) is 0.481. The molecule has 0 radical (unpaired) electrons. The lowest BCUT2D eigenvalue weighted by Gasteiger charge is -2.25. The smallest absolute Gasteiger partial charge is 0.243 e. The van der Waals surface area contributed by atoms with E-state index in [4.69, 9.17) is 14.2 Å². The molecule has 3 aromatic rings. The highest BCUT2D eigenvalue weighted by molar-refractivity contribution is 7.89. The van der Waals surface area contributed by atoms with Crippen molar-refractivity contribution in [1.29, 1.82) is 0 Å². The molecule has 0 amide bonds. The monoisotopic (exact) mass is 513 g/mol. The van der Waals surface area contributed by atoms with Crippen molar-refractivity contribution < 1.29 is 22.6 Å². The Balaban J connectivity index is 1.50. The van der Waals surface area contributed by atoms with Crippen molar-refractivity contribution in [2.45, 2.75) is 24.7 Å². The molecular formula is C27H35N3O5S. The Morgan fingerprint density at radius 1 is 0.778 bits per heavy atom. The summed E-state index contributed by atoms with van der Waals surface area (Å²) in [6.45, 7) is 6.98. The van der Waals surface area contributed by atoms with Crippen LogP contribution in [-0.4, -0.2) is 83.5 Å². The first-order valence-electron chi connectivity index (χ1n) is 12.7. The van der Waals surface area contributed by atoms with Gasteiger partial charge in [-0.25, -0.2) is 8.42 Å². The third kappa shape index (κ3) is 5.60. The van der Waals surface area contributed by atoms with Crippen molar-refractivity contribution >= 4 is 26.6 Å². The Labute approximate surface area is 213 Å². The average Bonchev–Trinajstić information content (AvgIpc) is 3.54. The van der Waals surface area contributed by atoms with E-state index in [9.17, 15) is 8.42 Å². The zero-order valence-electron chi connectivity index (χ0n) is 20.9. The quantitative estimate of drug-likeness (QED) is 0.571. The number of rotatable bonds is 4. The Kier molecular flexibility index (Phi) is 7.93. The van der Waals surface area contributed by atoms with E-state index in [2.05, 4.69) is 41.1 Å². The maximum Gasteiger partial charge on any atom is 0.243 e. The molecule has 194 valence electrons. The second-order valence-corrected chi connectivity index (χ2v) is 11.3. The largest absolute Gasteiger partial charge is 0.378 e. The number of nitrogens with one attached hydrogen (secondary N) is 1. The molecule has 8 nitrogen and oxygen atoms in total. The number of aryl methyl sites for hydroxylation is 1. The molecule has 0 atom stereocenters. The zero-order valence-corrected chi connectivity index (χ0v) is 21.7. The van der Waals surface area contributed by atoms with Crippen LogP contribution in [-0.2, 0) is 24.2 Å². The van der Waals surface area contributed by atoms with Crippen molar-refractivity contribution in [3.8, 4) is 11.3 Å². The van der Waals surface area contributed by atoms with Gasteiger partial charge in [-0.2, -0.15) is 4.31 Å². The maximum absolute atomic E-state index is 13.8. The predicted molar refractivity (Wildman–Crippen MR) is 141 cm³/mol. The first-order valence-corrected chi connectivity index (χ1v) is 14.2. The summed E-state index contributed by atoms with van der Waals surface area (Å²) >= 11 is 0. The molecule has 2 aliphatic rings. The van der Waals surface area contributed by atoms with Crippen LogP contribution in [0.25, 0.3) is 22.2 Å². The van der Waals surface area contributed by atoms with Crippen LogP contribution in [0.2, 0.25) is 0 Å². The van der Waals surface area contributed by atoms with Gasteiger partial charge in [-0.15, -0.1) is 0 Å². The van der Waals surface area contributed by atoms with Gasteiger partial charge < -0.3 is 24.1 Å². The number of H-pyrrole nitrogens is 1. The third-order valence-electron chi connectivity index (χ3n) is 6.83. The number of sulfonamides is 1. The summed E-state index contributed by atoms with van der Waals surface area (Å²) in [6.07, 6.45) is 2.29. The first-order chi connectivity index (χ1) is 17.5. The van der Waals surface area contributed by atoms with E-state index < -0.39 is 10.0 Å². The highest BCUT2D eigenvalue weighted by atomic mass is 32.2. The van der Waals surface area contributed by atoms with Gasteiger partial charge in [0.25, 0.3) is 0 Å². The summed E-state index contributed by atoms with van der Waals surface area (Å²) in [4.78, 5) is 6.17. The minimum Gasteiger partial charge on any atom is -0.378 e. The van der Waals surface area contributed by atoms with Crippen LogP contribution in [0, 0.1) is 6.92 Å². The molecule has 1 N–H and O–H groups in total. The minimum atomic E-state index is -3.75. The summed E-state index contributed by atoms with van der Waals surface area (Å²) in [7, 11) is -3.75. The van der Waals surface area contributed by atoms with E-state index in [1.807, 2.05) is 12.1 Å². The Morgan fingerprint density at radius 3 is 2.14 bits per heavy atom. The van der Waals surface area contributed by atoms with E-state index in [0.29, 0.717) is 39.6 Å². The fourth-order valence-corrected chi connectivity index (χ4v) is 6.32. The van der Waals surface area contributed by atoms with Crippen molar-refractivity contribution in [1.82, 2.24) is 9.29 Å². The molecule has 2 fully saturated rings. The molecule has 0 bridgehead atoms. The molecule has 2 saturated heterocycles. The molecule has 5 rings (SSSR count). The highest BCUT2D eigenvalue weighted by Gasteiger charge is 2.27. The van der Waals surface area contributed by atoms with Gasteiger partial charge in [-0.05, 0) is 55.7 Å². The van der Waals surface area contributed by atoms with Crippen LogP contribution in [0.1, 0.15) is 18.4 Å². The van der Waals surface area contributed by atoms with E-state index in [-0.39, 0.29) is 18.0 Å². The van der Waals surface area contributed by atoms with Crippen LogP contribution in [0.4, 0.5) is 5.69 Å². The number of aromatic nitrogens is 1. The van der Waals surface area contributed by atoms with Crippen LogP contribution in [0.3, 0.4) is 0 Å². The van der Waals surface area contributed by atoms with Crippen LogP contribution in [0.15, 0.2) is 47.4 Å². The van der Waals surface area contributed by atoms with Gasteiger partial charge in [0, 0.05) is 54.0 Å². The van der Waals surface area contributed by atoms with Gasteiger partial charge in [-0.3, -0.25) is 0 Å². The van der Waals surface area contributed by atoms with Gasteiger partial charge in [0.1, 0.15) is 0 Å². The summed E-state index contributed by atoms with van der Waals surface area (Å²) in [5.74, 6) is 0. The Morgan fingerprint density at radius 2 is 1.44 bits per heavy atom. The zero-order chi connectivity index (χ0) is 25.0. The molecule has 0 saturated carbocycles. The molecule has 0 spiro atoms. The normalized spacial score (nSPS) is 19.3. The summed E-state index contributed by atoms with van der Waals surface area (Å²) in [6, 6.07) is 14.0. The number of benzene rings is 2. The molecular weight excluding hydrogens is 478 g/mol. The van der Waals surface area contributed by atoms with E-state index in [1.54, 1.807) is 6.07 Å². The van der Waals surface area contributed by atoms with Gasteiger partial charge in [0.15, 0.2) is 0 Å². The lowest BCUT2D eigenvalue weighted by Crippen LogP contribution is -2.37. The number of ether oxygens (including phenoxy) is 3. The second kappa shape index (κ2) is 11.3. The molecule has 2 aliphatic heterocycles. The second-order valence-electron chi connectivity index (χ2n) is 9.39. The minimum absolute atomic E-state index is 0.264. The molecule has 1 aromatic heterocycles. The van der Waals surface area contributed by atoms with E-state index in [0.717, 1.165) is 53.8 Å². The Bertz CT molecular complexity index is 1270. The number of aromatic amines is 1. The van der Waals surface area contributed by atoms with Crippen molar-refractivity contribution in [3.63, 3.8) is 0 Å². The molecule has 3 heterocycles. The van der Waals surface area contributed by atoms with Crippen molar-refractivity contribution in [2.24, 2.45) is 0 Å². The van der Waals surface area contributed by atoms with Crippen LogP contribution >= 0.6 is 0 Å². The first kappa shape index (κ1) is 25.2. The third-order valence-corrected chi connectivity index (χ3v) is 8.73. The standard InChI is InChI=1S/C27H35N3O5S/c1-21-4-5-22-19-26(28-25(22)18-21)24-20-23(6-7-27(24)29-8-2-3-9-29)36(31,32)30-10-12-33-14-16-35-17-15-34-13-11-30/h4-7,18-20,28H,2-3,8-17H2,1H3. The molecule has 9 heteroatoms. The lowest BCUT2D eigenvalue weighted by atomic mass is 10.1. The SMILES string of the molecule is Cc1ccc2cc(-c3cc(S(=O)(=O)N4CCOCCOCCOCC4)ccc3N3CCCC3)[nH]c2c1. The van der Waals surface area contributed by atoms with Crippen LogP contribution < -0.4 is 4.90 Å². The maximum atomic E-state index is 13.8. The van der Waals surface area contributed by atoms with E-state index >= 15 is 0 Å².